The molecule has 0 radical (unpaired) electrons. The summed E-state index contributed by atoms with van der Waals surface area (Å²) in [5.41, 5.74) is 3.00. The zero-order chi connectivity index (χ0) is 11.4. The molecule has 1 aliphatic rings. The van der Waals surface area contributed by atoms with Crippen LogP contribution in [0, 0.1) is 0 Å². The van der Waals surface area contributed by atoms with Gasteiger partial charge in [-0.3, -0.25) is 4.84 Å². The Labute approximate surface area is 96.2 Å². The minimum absolute atomic E-state index is 0.339. The van der Waals surface area contributed by atoms with Crippen molar-refractivity contribution in [1.82, 2.24) is 20.2 Å². The van der Waals surface area contributed by atoms with Crippen LogP contribution in [0.2, 0.25) is 0 Å². The molecule has 5 heteroatoms. The van der Waals surface area contributed by atoms with Crippen molar-refractivity contribution in [3.8, 4) is 0 Å². The predicted molar refractivity (Wildman–Crippen MR) is 60.6 cm³/mol. The van der Waals surface area contributed by atoms with Crippen LogP contribution in [0.3, 0.4) is 0 Å². The van der Waals surface area contributed by atoms with Crippen LogP contribution in [0.15, 0.2) is 6.33 Å². The molecule has 5 nitrogen and oxygen atoms in total. The second-order valence-corrected chi connectivity index (χ2v) is 4.56. The average Bonchev–Trinajstić information content (AvgIpc) is 2.87. The molecule has 2 rings (SSSR count). The highest BCUT2D eigenvalue weighted by atomic mass is 16.7. The summed E-state index contributed by atoms with van der Waals surface area (Å²) in [7, 11) is 0. The molecule has 1 aromatic heterocycles. The molecule has 1 aliphatic carbocycles. The van der Waals surface area contributed by atoms with Crippen LogP contribution < -0.4 is 5.48 Å². The Bertz CT molecular complexity index is 318. The quantitative estimate of drug-likeness (QED) is 0.775. The van der Waals surface area contributed by atoms with E-state index < -0.39 is 0 Å². The molecule has 1 fully saturated rings. The molecule has 0 aliphatic heterocycles. The second-order valence-electron chi connectivity index (χ2n) is 4.56. The molecule has 1 saturated carbocycles. The topological polar surface area (TPSA) is 52.0 Å². The standard InChI is InChI=1S/C11H20N4O/c1-9(2)15-11(12-8-13-15)7-14-16-10-5-3-4-6-10/h8-10,14H,3-7H2,1-2H3. The summed E-state index contributed by atoms with van der Waals surface area (Å²) in [6.45, 7) is 4.81. The minimum Gasteiger partial charge on any atom is -0.298 e. The Morgan fingerprint density at radius 3 is 2.94 bits per heavy atom. The molecule has 0 atom stereocenters. The van der Waals surface area contributed by atoms with E-state index in [-0.39, 0.29) is 0 Å². The molecular weight excluding hydrogens is 204 g/mol. The van der Waals surface area contributed by atoms with Gasteiger partial charge in [0.25, 0.3) is 0 Å². The van der Waals surface area contributed by atoms with Gasteiger partial charge in [-0.25, -0.2) is 9.67 Å². The van der Waals surface area contributed by atoms with Crippen LogP contribution in [-0.2, 0) is 11.4 Å². The Morgan fingerprint density at radius 2 is 2.25 bits per heavy atom. The number of rotatable bonds is 5. The predicted octanol–water partition coefficient (Wildman–Crippen LogP) is 1.82. The van der Waals surface area contributed by atoms with E-state index >= 15 is 0 Å². The van der Waals surface area contributed by atoms with Crippen LogP contribution >= 0.6 is 0 Å². The third kappa shape index (κ3) is 2.80. The van der Waals surface area contributed by atoms with Gasteiger partial charge in [0.2, 0.25) is 0 Å². The van der Waals surface area contributed by atoms with Crippen LogP contribution in [-0.4, -0.2) is 20.9 Å². The molecule has 90 valence electrons. The number of nitrogens with zero attached hydrogens (tertiary/aromatic N) is 3. The first-order valence-corrected chi connectivity index (χ1v) is 6.04. The van der Waals surface area contributed by atoms with Crippen molar-refractivity contribution in [3.05, 3.63) is 12.2 Å². The molecule has 0 spiro atoms. The monoisotopic (exact) mass is 224 g/mol. The minimum atomic E-state index is 0.339. The first kappa shape index (κ1) is 11.5. The Hall–Kier alpha value is -0.940. The largest absolute Gasteiger partial charge is 0.298 e. The molecule has 1 heterocycles. The zero-order valence-electron chi connectivity index (χ0n) is 10.0. The van der Waals surface area contributed by atoms with E-state index in [0.717, 1.165) is 5.82 Å². The molecular formula is C11H20N4O. The van der Waals surface area contributed by atoms with E-state index in [9.17, 15) is 0 Å². The summed E-state index contributed by atoms with van der Waals surface area (Å²) in [5.74, 6) is 0.924. The summed E-state index contributed by atoms with van der Waals surface area (Å²) < 4.78 is 1.91. The van der Waals surface area contributed by atoms with Crippen LogP contribution in [0.4, 0.5) is 0 Å². The fourth-order valence-electron chi connectivity index (χ4n) is 2.06. The fourth-order valence-corrected chi connectivity index (χ4v) is 2.06. The lowest BCUT2D eigenvalue weighted by atomic mass is 10.3. The van der Waals surface area contributed by atoms with Crippen molar-refractivity contribution in [2.75, 3.05) is 0 Å². The molecule has 0 aromatic carbocycles. The van der Waals surface area contributed by atoms with Crippen molar-refractivity contribution in [2.24, 2.45) is 0 Å². The van der Waals surface area contributed by atoms with Gasteiger partial charge in [-0.2, -0.15) is 10.6 Å². The lowest BCUT2D eigenvalue weighted by Crippen LogP contribution is -2.23. The lowest BCUT2D eigenvalue weighted by Gasteiger charge is -2.13. The first-order chi connectivity index (χ1) is 7.77. The molecule has 1 aromatic rings. The highest BCUT2D eigenvalue weighted by Gasteiger charge is 2.16. The summed E-state index contributed by atoms with van der Waals surface area (Å²) in [6.07, 6.45) is 6.89. The number of hydroxylamine groups is 1. The van der Waals surface area contributed by atoms with Gasteiger partial charge in [0.1, 0.15) is 12.2 Å². The summed E-state index contributed by atoms with van der Waals surface area (Å²) in [5, 5.41) is 4.18. The van der Waals surface area contributed by atoms with E-state index in [1.54, 1.807) is 6.33 Å². The van der Waals surface area contributed by atoms with Gasteiger partial charge in [-0.15, -0.1) is 0 Å². The van der Waals surface area contributed by atoms with Crippen molar-refractivity contribution in [1.29, 1.82) is 0 Å². The first-order valence-electron chi connectivity index (χ1n) is 6.04. The summed E-state index contributed by atoms with van der Waals surface area (Å²) in [6, 6.07) is 0.339. The Morgan fingerprint density at radius 1 is 1.50 bits per heavy atom. The van der Waals surface area contributed by atoms with Crippen LogP contribution in [0.1, 0.15) is 51.4 Å². The van der Waals surface area contributed by atoms with Gasteiger partial charge in [0.05, 0.1) is 12.6 Å². The van der Waals surface area contributed by atoms with Gasteiger partial charge in [-0.05, 0) is 26.7 Å². The van der Waals surface area contributed by atoms with Crippen LogP contribution in [0.5, 0.6) is 0 Å². The zero-order valence-corrected chi connectivity index (χ0v) is 10.0. The number of nitrogens with one attached hydrogen (secondary N) is 1. The number of hydrogen-bond donors (Lipinski definition) is 1. The fraction of sp³-hybridized carbons (Fsp3) is 0.818. The maximum atomic E-state index is 5.58. The third-order valence-corrected chi connectivity index (χ3v) is 2.92. The van der Waals surface area contributed by atoms with Gasteiger partial charge in [-0.1, -0.05) is 12.8 Å². The van der Waals surface area contributed by atoms with E-state index in [2.05, 4.69) is 29.4 Å². The van der Waals surface area contributed by atoms with Crippen LogP contribution in [0.25, 0.3) is 0 Å². The molecule has 1 N–H and O–H groups in total. The lowest BCUT2D eigenvalue weighted by molar-refractivity contribution is -0.0260. The molecule has 0 amide bonds. The van der Waals surface area contributed by atoms with Gasteiger partial charge in [0, 0.05) is 6.04 Å². The Kier molecular flexibility index (Phi) is 3.90. The Balaban J connectivity index is 1.78. The maximum Gasteiger partial charge on any atom is 0.143 e. The van der Waals surface area contributed by atoms with E-state index in [0.29, 0.717) is 18.7 Å². The normalized spacial score (nSPS) is 17.4. The van der Waals surface area contributed by atoms with Crippen molar-refractivity contribution in [3.63, 3.8) is 0 Å². The number of hydrogen-bond acceptors (Lipinski definition) is 4. The average molecular weight is 224 g/mol. The van der Waals surface area contributed by atoms with E-state index in [1.165, 1.54) is 25.7 Å². The van der Waals surface area contributed by atoms with Crippen molar-refractivity contribution >= 4 is 0 Å². The highest BCUT2D eigenvalue weighted by Crippen LogP contribution is 2.19. The van der Waals surface area contributed by atoms with Gasteiger partial charge in [0.15, 0.2) is 0 Å². The smallest absolute Gasteiger partial charge is 0.143 e. The van der Waals surface area contributed by atoms with E-state index in [4.69, 9.17) is 4.84 Å². The summed E-state index contributed by atoms with van der Waals surface area (Å²) >= 11 is 0. The second kappa shape index (κ2) is 5.41. The maximum absolute atomic E-state index is 5.58. The van der Waals surface area contributed by atoms with Gasteiger partial charge < -0.3 is 0 Å². The van der Waals surface area contributed by atoms with Crippen molar-refractivity contribution in [2.45, 2.75) is 58.2 Å². The number of aromatic nitrogens is 3. The molecule has 0 bridgehead atoms. The molecule has 0 unspecified atom stereocenters. The van der Waals surface area contributed by atoms with Crippen molar-refractivity contribution < 1.29 is 4.84 Å². The SMILES string of the molecule is CC(C)n1ncnc1CNOC1CCCC1. The molecule has 16 heavy (non-hydrogen) atoms. The highest BCUT2D eigenvalue weighted by molar-refractivity contribution is 4.84. The third-order valence-electron chi connectivity index (χ3n) is 2.92. The summed E-state index contributed by atoms with van der Waals surface area (Å²) in [4.78, 5) is 9.79. The van der Waals surface area contributed by atoms with Gasteiger partial charge >= 0.3 is 0 Å². The van der Waals surface area contributed by atoms with E-state index in [1.807, 2.05) is 4.68 Å². The molecule has 0 saturated heterocycles.